The highest BCUT2D eigenvalue weighted by Crippen LogP contribution is 1.97. The number of hydrogen-bond donors (Lipinski definition) is 1. The Bertz CT molecular complexity index is 283. The highest BCUT2D eigenvalue weighted by Gasteiger charge is 1.96. The highest BCUT2D eigenvalue weighted by atomic mass is 79.9. The summed E-state index contributed by atoms with van der Waals surface area (Å²) in [6.07, 6.45) is 1.35. The zero-order valence-electron chi connectivity index (χ0n) is 5.03. The zero-order chi connectivity index (χ0) is 7.56. The van der Waals surface area contributed by atoms with E-state index in [4.69, 9.17) is 0 Å². The van der Waals surface area contributed by atoms with Gasteiger partial charge in [0.05, 0.1) is 0 Å². The van der Waals surface area contributed by atoms with Crippen molar-refractivity contribution in [3.63, 3.8) is 0 Å². The van der Waals surface area contributed by atoms with Gasteiger partial charge in [0.15, 0.2) is 11.4 Å². The maximum atomic E-state index is 12.2. The molecule has 1 aromatic rings. The molecule has 0 radical (unpaired) electrons. The van der Waals surface area contributed by atoms with Crippen molar-refractivity contribution < 1.29 is 4.39 Å². The van der Waals surface area contributed by atoms with Crippen LogP contribution in [0.5, 0.6) is 0 Å². The number of alkyl halides is 1. The van der Waals surface area contributed by atoms with Gasteiger partial charge in [-0.2, -0.15) is 4.39 Å². The lowest BCUT2D eigenvalue weighted by molar-refractivity contribution is 0.581. The first kappa shape index (κ1) is 7.47. The molecule has 4 heteroatoms. The van der Waals surface area contributed by atoms with Gasteiger partial charge in [0.25, 0.3) is 0 Å². The molecule has 1 aromatic heterocycles. The van der Waals surface area contributed by atoms with Gasteiger partial charge < -0.3 is 4.98 Å². The predicted octanol–water partition coefficient (Wildman–Crippen LogP) is 1.41. The van der Waals surface area contributed by atoms with Crippen molar-refractivity contribution in [2.45, 2.75) is 5.33 Å². The smallest absolute Gasteiger partial charge is 0.194 e. The second-order valence-corrected chi connectivity index (χ2v) is 2.36. The summed E-state index contributed by atoms with van der Waals surface area (Å²) in [7, 11) is 0. The quantitative estimate of drug-likeness (QED) is 0.546. The molecule has 1 N–H and O–H groups in total. The first-order valence-electron chi connectivity index (χ1n) is 2.67. The number of H-pyrrole nitrogens is 1. The lowest BCUT2D eigenvalue weighted by atomic mass is 10.3. The zero-order valence-corrected chi connectivity index (χ0v) is 6.61. The number of aromatic amines is 1. The molecule has 10 heavy (non-hydrogen) atoms. The Morgan fingerprint density at radius 2 is 2.40 bits per heavy atom. The first-order valence-corrected chi connectivity index (χ1v) is 3.79. The van der Waals surface area contributed by atoms with Crippen molar-refractivity contribution in [3.8, 4) is 0 Å². The molecule has 1 rings (SSSR count). The van der Waals surface area contributed by atoms with Gasteiger partial charge in [-0.25, -0.2) is 0 Å². The average Bonchev–Trinajstić information content (AvgIpc) is 1.88. The summed E-state index contributed by atoms with van der Waals surface area (Å²) in [5.74, 6) is -0.602. The monoisotopic (exact) mass is 205 g/mol. The Labute approximate surface area is 65.2 Å². The number of pyridine rings is 1. The molecule has 2 nitrogen and oxygen atoms in total. The minimum absolute atomic E-state index is 0.284. The van der Waals surface area contributed by atoms with E-state index < -0.39 is 5.95 Å². The highest BCUT2D eigenvalue weighted by molar-refractivity contribution is 9.08. The Morgan fingerprint density at radius 3 is 2.90 bits per heavy atom. The molecule has 0 amide bonds. The van der Waals surface area contributed by atoms with Gasteiger partial charge in [0.2, 0.25) is 0 Å². The molecule has 0 atom stereocenters. The van der Waals surface area contributed by atoms with Crippen LogP contribution in [0.3, 0.4) is 0 Å². The first-order chi connectivity index (χ1) is 4.74. The van der Waals surface area contributed by atoms with E-state index in [2.05, 4.69) is 20.9 Å². The summed E-state index contributed by atoms with van der Waals surface area (Å²) in [5.41, 5.74) is 0.245. The molecule has 0 aliphatic heterocycles. The fourth-order valence-corrected chi connectivity index (χ4v) is 1.02. The summed E-state index contributed by atoms with van der Waals surface area (Å²) >= 11 is 3.09. The number of rotatable bonds is 1. The fraction of sp³-hybridized carbons (Fsp3) is 0.167. The predicted molar refractivity (Wildman–Crippen MR) is 39.7 cm³/mol. The van der Waals surface area contributed by atoms with Gasteiger partial charge in [-0.05, 0) is 0 Å². The lowest BCUT2D eigenvalue weighted by Crippen LogP contribution is -2.07. The number of nitrogens with one attached hydrogen (secondary N) is 1. The molecule has 0 aromatic carbocycles. The third-order valence-corrected chi connectivity index (χ3v) is 1.71. The molecule has 0 spiro atoms. The molecule has 0 fully saturated rings. The fourth-order valence-electron chi connectivity index (χ4n) is 0.581. The van der Waals surface area contributed by atoms with E-state index in [0.29, 0.717) is 10.9 Å². The van der Waals surface area contributed by atoms with E-state index in [0.717, 1.165) is 6.07 Å². The van der Waals surface area contributed by atoms with E-state index in [-0.39, 0.29) is 5.43 Å². The van der Waals surface area contributed by atoms with Crippen molar-refractivity contribution in [1.82, 2.24) is 4.98 Å². The van der Waals surface area contributed by atoms with Crippen LogP contribution in [0.2, 0.25) is 0 Å². The maximum absolute atomic E-state index is 12.2. The van der Waals surface area contributed by atoms with Gasteiger partial charge in [0.1, 0.15) is 0 Å². The number of hydrogen-bond acceptors (Lipinski definition) is 1. The topological polar surface area (TPSA) is 32.9 Å². The van der Waals surface area contributed by atoms with Crippen molar-refractivity contribution in [3.05, 3.63) is 34.0 Å². The molecule has 0 aliphatic rings. The second-order valence-electron chi connectivity index (χ2n) is 1.80. The molecular weight excluding hydrogens is 201 g/mol. The largest absolute Gasteiger partial charge is 0.338 e. The van der Waals surface area contributed by atoms with Gasteiger partial charge in [0, 0.05) is 23.2 Å². The molecule has 0 unspecified atom stereocenters. The summed E-state index contributed by atoms with van der Waals surface area (Å²) in [6.45, 7) is 0. The average molecular weight is 206 g/mol. The van der Waals surface area contributed by atoms with Crippen LogP contribution in [-0.2, 0) is 5.33 Å². The summed E-state index contributed by atoms with van der Waals surface area (Å²) in [4.78, 5) is 13.1. The summed E-state index contributed by atoms with van der Waals surface area (Å²) in [6, 6.07) is 0.927. The standard InChI is InChI=1S/C6H5BrFNO/c7-2-4-3-9-6(8)1-5(4)10/h1,3H,2H2,(H,9,10). The van der Waals surface area contributed by atoms with Crippen LogP contribution in [0, 0.1) is 5.95 Å². The van der Waals surface area contributed by atoms with Crippen molar-refractivity contribution in [1.29, 1.82) is 0 Å². The Hall–Kier alpha value is -0.640. The summed E-state index contributed by atoms with van der Waals surface area (Å²) < 4.78 is 12.2. The minimum Gasteiger partial charge on any atom is -0.338 e. The van der Waals surface area contributed by atoms with E-state index in [1.54, 1.807) is 0 Å². The van der Waals surface area contributed by atoms with Crippen LogP contribution >= 0.6 is 15.9 Å². The van der Waals surface area contributed by atoms with E-state index in [1.807, 2.05) is 0 Å². The molecule has 0 saturated carbocycles. The third-order valence-electron chi connectivity index (χ3n) is 1.10. The lowest BCUT2D eigenvalue weighted by Gasteiger charge is -1.91. The van der Waals surface area contributed by atoms with Crippen LogP contribution < -0.4 is 5.43 Å². The molecule has 0 aliphatic carbocycles. The van der Waals surface area contributed by atoms with Crippen LogP contribution in [0.4, 0.5) is 4.39 Å². The Balaban J connectivity index is 3.20. The van der Waals surface area contributed by atoms with Crippen molar-refractivity contribution >= 4 is 15.9 Å². The van der Waals surface area contributed by atoms with Gasteiger partial charge >= 0.3 is 0 Å². The third kappa shape index (κ3) is 1.44. The molecule has 0 saturated heterocycles. The van der Waals surface area contributed by atoms with E-state index >= 15 is 0 Å². The van der Waals surface area contributed by atoms with Crippen LogP contribution in [-0.4, -0.2) is 4.98 Å². The van der Waals surface area contributed by atoms with Gasteiger partial charge in [-0.3, -0.25) is 4.79 Å². The number of aromatic nitrogens is 1. The van der Waals surface area contributed by atoms with E-state index in [1.165, 1.54) is 6.20 Å². The van der Waals surface area contributed by atoms with Gasteiger partial charge in [-0.15, -0.1) is 0 Å². The van der Waals surface area contributed by atoms with E-state index in [9.17, 15) is 9.18 Å². The SMILES string of the molecule is O=c1cc(F)[nH]cc1CBr. The molecular formula is C6H5BrFNO. The molecule has 1 heterocycles. The van der Waals surface area contributed by atoms with Crippen LogP contribution in [0.25, 0.3) is 0 Å². The van der Waals surface area contributed by atoms with Gasteiger partial charge in [-0.1, -0.05) is 15.9 Å². The Morgan fingerprint density at radius 1 is 1.70 bits per heavy atom. The molecule has 0 bridgehead atoms. The van der Waals surface area contributed by atoms with Crippen LogP contribution in [0.15, 0.2) is 17.1 Å². The van der Waals surface area contributed by atoms with Crippen LogP contribution in [0.1, 0.15) is 5.56 Å². The normalized spacial score (nSPS) is 9.80. The van der Waals surface area contributed by atoms with Crippen molar-refractivity contribution in [2.75, 3.05) is 0 Å². The van der Waals surface area contributed by atoms with Crippen molar-refractivity contribution in [2.24, 2.45) is 0 Å². The minimum atomic E-state index is -0.602. The maximum Gasteiger partial charge on any atom is 0.194 e. The second kappa shape index (κ2) is 2.96. The molecule has 54 valence electrons. The Kier molecular flexibility index (Phi) is 2.21. The summed E-state index contributed by atoms with van der Waals surface area (Å²) in [5, 5.41) is 0.447. The number of halogens is 2.